The minimum atomic E-state index is 0.685. The van der Waals surface area contributed by atoms with E-state index in [2.05, 4.69) is 58.9 Å². The summed E-state index contributed by atoms with van der Waals surface area (Å²) in [6.45, 7) is 11.5. The van der Waals surface area contributed by atoms with Crippen LogP contribution in [0.4, 0.5) is 5.69 Å². The van der Waals surface area contributed by atoms with Gasteiger partial charge in [-0.05, 0) is 42.7 Å². The van der Waals surface area contributed by atoms with Gasteiger partial charge in [0.05, 0.1) is 5.69 Å². The average molecular weight is 243 g/mol. The molecule has 1 heteroatoms. The second-order valence-electron chi connectivity index (χ2n) is 5.85. The highest BCUT2D eigenvalue weighted by molar-refractivity contribution is 5.90. The van der Waals surface area contributed by atoms with E-state index < -0.39 is 0 Å². The van der Waals surface area contributed by atoms with Crippen LogP contribution in [0.1, 0.15) is 39.7 Å². The third-order valence-corrected chi connectivity index (χ3v) is 4.92. The number of aliphatic imine (C=N–C) groups is 1. The third-order valence-electron chi connectivity index (χ3n) is 4.92. The largest absolute Gasteiger partial charge is 0.257 e. The Morgan fingerprint density at radius 1 is 1.06 bits per heavy atom. The van der Waals surface area contributed by atoms with Crippen molar-refractivity contribution in [2.75, 3.05) is 0 Å². The van der Waals surface area contributed by atoms with Crippen molar-refractivity contribution in [2.45, 2.75) is 41.0 Å². The number of para-hydroxylation sites is 1. The van der Waals surface area contributed by atoms with Crippen molar-refractivity contribution in [3.8, 4) is 0 Å². The SMILES string of the molecule is CC/C(=N/c1ccccc1C)C1C(C)C(C)C1C. The van der Waals surface area contributed by atoms with Crippen LogP contribution >= 0.6 is 0 Å². The Balaban J connectivity index is 2.27. The molecule has 98 valence electrons. The average Bonchev–Trinajstić information content (AvgIpc) is 2.39. The van der Waals surface area contributed by atoms with E-state index in [9.17, 15) is 0 Å². The van der Waals surface area contributed by atoms with Gasteiger partial charge in [0.25, 0.3) is 0 Å². The van der Waals surface area contributed by atoms with E-state index in [1.165, 1.54) is 11.3 Å². The molecule has 0 N–H and O–H groups in total. The zero-order chi connectivity index (χ0) is 13.3. The van der Waals surface area contributed by atoms with Crippen LogP contribution in [0.2, 0.25) is 0 Å². The Morgan fingerprint density at radius 3 is 2.22 bits per heavy atom. The highest BCUT2D eigenvalue weighted by Gasteiger charge is 2.44. The van der Waals surface area contributed by atoms with Gasteiger partial charge in [-0.25, -0.2) is 0 Å². The molecule has 1 nitrogen and oxygen atoms in total. The molecule has 0 saturated heterocycles. The summed E-state index contributed by atoms with van der Waals surface area (Å²) in [5.74, 6) is 3.08. The number of nitrogens with zero attached hydrogens (tertiary/aromatic N) is 1. The molecule has 0 bridgehead atoms. The van der Waals surface area contributed by atoms with Crippen molar-refractivity contribution in [3.63, 3.8) is 0 Å². The minimum absolute atomic E-state index is 0.685. The molecule has 2 unspecified atom stereocenters. The third kappa shape index (κ3) is 2.23. The lowest BCUT2D eigenvalue weighted by atomic mass is 9.57. The molecule has 1 fully saturated rings. The predicted octanol–water partition coefficient (Wildman–Crippen LogP) is 5.02. The van der Waals surface area contributed by atoms with Crippen LogP contribution in [0, 0.1) is 30.6 Å². The smallest absolute Gasteiger partial charge is 0.0658 e. The Morgan fingerprint density at radius 2 is 1.67 bits per heavy atom. The van der Waals surface area contributed by atoms with Gasteiger partial charge >= 0.3 is 0 Å². The summed E-state index contributed by atoms with van der Waals surface area (Å²) in [7, 11) is 0. The second kappa shape index (κ2) is 5.26. The monoisotopic (exact) mass is 243 g/mol. The van der Waals surface area contributed by atoms with Crippen molar-refractivity contribution in [2.24, 2.45) is 28.7 Å². The summed E-state index contributed by atoms with van der Waals surface area (Å²) in [6, 6.07) is 8.43. The molecule has 0 spiro atoms. The molecular weight excluding hydrogens is 218 g/mol. The first-order valence-corrected chi connectivity index (χ1v) is 7.19. The van der Waals surface area contributed by atoms with Crippen molar-refractivity contribution >= 4 is 11.4 Å². The lowest BCUT2D eigenvalue weighted by Crippen LogP contribution is -2.46. The van der Waals surface area contributed by atoms with E-state index in [1.54, 1.807) is 0 Å². The van der Waals surface area contributed by atoms with Gasteiger partial charge in [0.15, 0.2) is 0 Å². The number of hydrogen-bond acceptors (Lipinski definition) is 1. The van der Waals surface area contributed by atoms with Crippen molar-refractivity contribution in [1.29, 1.82) is 0 Å². The summed E-state index contributed by atoms with van der Waals surface area (Å²) < 4.78 is 0. The Bertz CT molecular complexity index is 437. The summed E-state index contributed by atoms with van der Waals surface area (Å²) in [5, 5.41) is 0. The highest BCUT2D eigenvalue weighted by atomic mass is 14.8. The van der Waals surface area contributed by atoms with Crippen LogP contribution < -0.4 is 0 Å². The van der Waals surface area contributed by atoms with Gasteiger partial charge in [-0.3, -0.25) is 4.99 Å². The van der Waals surface area contributed by atoms with Gasteiger partial charge in [0.2, 0.25) is 0 Å². The zero-order valence-corrected chi connectivity index (χ0v) is 12.3. The molecule has 0 amide bonds. The minimum Gasteiger partial charge on any atom is -0.257 e. The van der Waals surface area contributed by atoms with Crippen LogP contribution in [0.3, 0.4) is 0 Å². The molecule has 0 heterocycles. The molecule has 1 aliphatic carbocycles. The van der Waals surface area contributed by atoms with Crippen LogP contribution in [0.25, 0.3) is 0 Å². The molecule has 2 atom stereocenters. The van der Waals surface area contributed by atoms with E-state index >= 15 is 0 Å². The molecule has 1 aromatic rings. The molecule has 0 radical (unpaired) electrons. The summed E-state index contributed by atoms with van der Waals surface area (Å²) in [4.78, 5) is 4.95. The van der Waals surface area contributed by atoms with Gasteiger partial charge in [-0.2, -0.15) is 0 Å². The van der Waals surface area contributed by atoms with E-state index in [-0.39, 0.29) is 0 Å². The van der Waals surface area contributed by atoms with Gasteiger partial charge in [-0.1, -0.05) is 45.9 Å². The Labute approximate surface area is 111 Å². The van der Waals surface area contributed by atoms with Gasteiger partial charge in [0.1, 0.15) is 0 Å². The molecule has 0 aliphatic heterocycles. The Kier molecular flexibility index (Phi) is 3.89. The summed E-state index contributed by atoms with van der Waals surface area (Å²) in [6.07, 6.45) is 1.07. The quantitative estimate of drug-likeness (QED) is 0.661. The fourth-order valence-corrected chi connectivity index (χ4v) is 3.31. The number of benzene rings is 1. The first-order chi connectivity index (χ1) is 8.56. The standard InChI is InChI=1S/C17H25N/c1-6-15(17-13(4)12(3)14(17)5)18-16-10-8-7-9-11(16)2/h7-10,12-14,17H,6H2,1-5H3/b18-15-. The van der Waals surface area contributed by atoms with E-state index in [0.717, 1.165) is 29.9 Å². The maximum atomic E-state index is 4.95. The molecule has 2 rings (SSSR count). The van der Waals surface area contributed by atoms with E-state index in [1.807, 2.05) is 0 Å². The lowest BCUT2D eigenvalue weighted by molar-refractivity contribution is 0.0653. The van der Waals surface area contributed by atoms with Crippen LogP contribution in [-0.2, 0) is 0 Å². The molecule has 1 aromatic carbocycles. The zero-order valence-electron chi connectivity index (χ0n) is 12.3. The highest BCUT2D eigenvalue weighted by Crippen LogP contribution is 2.47. The maximum Gasteiger partial charge on any atom is 0.0658 e. The molecule has 1 aliphatic rings. The number of hydrogen-bond donors (Lipinski definition) is 0. The predicted molar refractivity (Wildman–Crippen MR) is 79.5 cm³/mol. The lowest BCUT2D eigenvalue weighted by Gasteiger charge is -2.48. The van der Waals surface area contributed by atoms with Gasteiger partial charge < -0.3 is 0 Å². The first kappa shape index (κ1) is 13.3. The normalized spacial score (nSPS) is 32.2. The number of rotatable bonds is 3. The van der Waals surface area contributed by atoms with Crippen LogP contribution in [0.15, 0.2) is 29.3 Å². The van der Waals surface area contributed by atoms with Crippen molar-refractivity contribution in [3.05, 3.63) is 29.8 Å². The Hall–Kier alpha value is -1.11. The van der Waals surface area contributed by atoms with Gasteiger partial charge in [-0.15, -0.1) is 0 Å². The molecular formula is C17H25N. The molecule has 0 aromatic heterocycles. The fourth-order valence-electron chi connectivity index (χ4n) is 3.31. The maximum absolute atomic E-state index is 4.95. The number of aryl methyl sites for hydroxylation is 1. The topological polar surface area (TPSA) is 12.4 Å². The summed E-state index contributed by atoms with van der Waals surface area (Å²) >= 11 is 0. The second-order valence-corrected chi connectivity index (χ2v) is 5.85. The van der Waals surface area contributed by atoms with Crippen molar-refractivity contribution < 1.29 is 0 Å². The van der Waals surface area contributed by atoms with Crippen LogP contribution in [0.5, 0.6) is 0 Å². The summed E-state index contributed by atoms with van der Waals surface area (Å²) in [5.41, 5.74) is 3.81. The van der Waals surface area contributed by atoms with E-state index in [4.69, 9.17) is 4.99 Å². The van der Waals surface area contributed by atoms with Crippen LogP contribution in [-0.4, -0.2) is 5.71 Å². The first-order valence-electron chi connectivity index (χ1n) is 7.19. The van der Waals surface area contributed by atoms with E-state index in [0.29, 0.717) is 5.92 Å². The molecule has 18 heavy (non-hydrogen) atoms. The van der Waals surface area contributed by atoms with Gasteiger partial charge in [0, 0.05) is 11.6 Å². The fraction of sp³-hybridized carbons (Fsp3) is 0.588. The molecule has 1 saturated carbocycles. The van der Waals surface area contributed by atoms with Crippen molar-refractivity contribution in [1.82, 2.24) is 0 Å².